The molecule has 0 radical (unpaired) electrons. The van der Waals surface area contributed by atoms with Crippen molar-refractivity contribution in [3.8, 4) is 11.3 Å². The topological polar surface area (TPSA) is 70.2 Å². The normalized spacial score (nSPS) is 10.9. The molecule has 2 N–H and O–H groups in total. The van der Waals surface area contributed by atoms with Crippen LogP contribution in [0.15, 0.2) is 47.3 Å². The van der Waals surface area contributed by atoms with Crippen molar-refractivity contribution in [1.29, 1.82) is 0 Å². The minimum absolute atomic E-state index is 0.220. The molecule has 2 aliphatic rings. The molecule has 0 saturated heterocycles. The first kappa shape index (κ1) is 11.5. The zero-order valence-electron chi connectivity index (χ0n) is 10.0. The summed E-state index contributed by atoms with van der Waals surface area (Å²) in [4.78, 5) is 26.1. The van der Waals surface area contributed by atoms with Crippen LogP contribution in [0.4, 0.5) is 0 Å². The summed E-state index contributed by atoms with van der Waals surface area (Å²) in [5, 5.41) is 9.72. The lowest BCUT2D eigenvalue weighted by molar-refractivity contribution is -0.136. The first-order valence-electron chi connectivity index (χ1n) is 5.90. The summed E-state index contributed by atoms with van der Waals surface area (Å²) in [6, 6.07) is 12.8. The molecule has 94 valence electrons. The Bertz CT molecular complexity index is 804. The van der Waals surface area contributed by atoms with Gasteiger partial charge in [-0.2, -0.15) is 0 Å². The maximum atomic E-state index is 12.2. The lowest BCUT2D eigenvalue weighted by Crippen LogP contribution is -2.16. The minimum Gasteiger partial charge on any atom is -0.481 e. The van der Waals surface area contributed by atoms with Gasteiger partial charge in [-0.25, -0.2) is 0 Å². The van der Waals surface area contributed by atoms with Crippen molar-refractivity contribution < 1.29 is 9.90 Å². The van der Waals surface area contributed by atoms with Crippen LogP contribution in [0.25, 0.3) is 22.2 Å². The van der Waals surface area contributed by atoms with Gasteiger partial charge in [-0.1, -0.05) is 24.3 Å². The maximum absolute atomic E-state index is 12.2. The number of hydrogen-bond donors (Lipinski definition) is 2. The number of carboxylic acids is 1. The van der Waals surface area contributed by atoms with E-state index in [4.69, 9.17) is 5.11 Å². The van der Waals surface area contributed by atoms with Gasteiger partial charge in [-0.3, -0.25) is 9.59 Å². The Kier molecular flexibility index (Phi) is 2.56. The lowest BCUT2D eigenvalue weighted by Gasteiger charge is -2.09. The van der Waals surface area contributed by atoms with Crippen LogP contribution in [0.2, 0.25) is 0 Å². The molecule has 0 unspecified atom stereocenters. The van der Waals surface area contributed by atoms with Crippen LogP contribution >= 0.6 is 0 Å². The average molecular weight is 253 g/mol. The van der Waals surface area contributed by atoms with Crippen LogP contribution in [0.5, 0.6) is 0 Å². The summed E-state index contributed by atoms with van der Waals surface area (Å²) >= 11 is 0. The molecule has 0 amide bonds. The van der Waals surface area contributed by atoms with Crippen LogP contribution < -0.4 is 5.43 Å². The number of carbonyl (C=O) groups is 1. The molecule has 3 rings (SSSR count). The predicted molar refractivity (Wildman–Crippen MR) is 72.5 cm³/mol. The van der Waals surface area contributed by atoms with Crippen molar-refractivity contribution in [2.45, 2.75) is 6.42 Å². The van der Waals surface area contributed by atoms with Crippen molar-refractivity contribution in [1.82, 2.24) is 4.98 Å². The smallest absolute Gasteiger partial charge is 0.307 e. The van der Waals surface area contributed by atoms with E-state index in [1.54, 1.807) is 18.2 Å². The molecule has 0 atom stereocenters. The third-order valence-electron chi connectivity index (χ3n) is 3.15. The van der Waals surface area contributed by atoms with Gasteiger partial charge in [-0.15, -0.1) is 0 Å². The molecule has 1 aromatic carbocycles. The quantitative estimate of drug-likeness (QED) is 0.688. The highest BCUT2D eigenvalue weighted by Gasteiger charge is 2.13. The first-order chi connectivity index (χ1) is 9.15. The molecule has 1 aliphatic heterocycles. The van der Waals surface area contributed by atoms with Crippen LogP contribution in [0.1, 0.15) is 5.56 Å². The van der Waals surface area contributed by atoms with E-state index in [0.29, 0.717) is 11.1 Å². The standard InChI is InChI=1S/C15H11NO3/c17-14(18)8-10-5-6-13-11(15(10)19)7-9-3-1-2-4-12(9)16-13/h1-7,16H,8H2,(H,17,18). The lowest BCUT2D eigenvalue weighted by atomic mass is 10.0. The van der Waals surface area contributed by atoms with Gasteiger partial charge < -0.3 is 10.1 Å². The zero-order valence-corrected chi connectivity index (χ0v) is 10.0. The number of fused-ring (bicyclic) bond motifs is 2. The maximum Gasteiger partial charge on any atom is 0.307 e. The van der Waals surface area contributed by atoms with Gasteiger partial charge in [0.2, 0.25) is 0 Å². The summed E-state index contributed by atoms with van der Waals surface area (Å²) in [5.74, 6) is -0.999. The summed E-state index contributed by atoms with van der Waals surface area (Å²) < 4.78 is 0. The Labute approximate surface area is 108 Å². The van der Waals surface area contributed by atoms with E-state index in [1.165, 1.54) is 0 Å². The van der Waals surface area contributed by atoms with E-state index in [0.717, 1.165) is 16.6 Å². The third-order valence-corrected chi connectivity index (χ3v) is 3.15. The molecule has 4 heteroatoms. The fourth-order valence-electron chi connectivity index (χ4n) is 2.24. The molecular formula is C15H11NO3. The highest BCUT2D eigenvalue weighted by atomic mass is 16.4. The largest absolute Gasteiger partial charge is 0.481 e. The first-order valence-corrected chi connectivity index (χ1v) is 5.90. The number of nitrogens with one attached hydrogen (secondary N) is 1. The fraction of sp³-hybridized carbons (Fsp3) is 0.0667. The molecule has 1 aromatic rings. The van der Waals surface area contributed by atoms with Crippen LogP contribution in [-0.2, 0) is 11.2 Å². The Morgan fingerprint density at radius 1 is 1.16 bits per heavy atom. The van der Waals surface area contributed by atoms with Crippen LogP contribution in [-0.4, -0.2) is 16.1 Å². The van der Waals surface area contributed by atoms with Crippen molar-refractivity contribution in [3.63, 3.8) is 0 Å². The number of para-hydroxylation sites is 1. The summed E-state index contributed by atoms with van der Waals surface area (Å²) in [6.07, 6.45) is -0.248. The second-order valence-corrected chi connectivity index (χ2v) is 4.44. The number of aromatic amines is 1. The van der Waals surface area contributed by atoms with Crippen molar-refractivity contribution in [2.24, 2.45) is 0 Å². The molecular weight excluding hydrogens is 242 g/mol. The van der Waals surface area contributed by atoms with E-state index >= 15 is 0 Å². The van der Waals surface area contributed by atoms with Gasteiger partial charge >= 0.3 is 5.97 Å². The molecule has 0 spiro atoms. The molecule has 0 fully saturated rings. The molecule has 4 nitrogen and oxygen atoms in total. The fourth-order valence-corrected chi connectivity index (χ4v) is 2.24. The predicted octanol–water partition coefficient (Wildman–Crippen LogP) is 2.26. The monoisotopic (exact) mass is 253 g/mol. The zero-order chi connectivity index (χ0) is 13.4. The van der Waals surface area contributed by atoms with Gasteiger partial charge in [0.1, 0.15) is 0 Å². The van der Waals surface area contributed by atoms with Crippen molar-refractivity contribution in [2.75, 3.05) is 0 Å². The van der Waals surface area contributed by atoms with Gasteiger partial charge in [0.15, 0.2) is 5.43 Å². The van der Waals surface area contributed by atoms with Gasteiger partial charge in [0.25, 0.3) is 0 Å². The summed E-state index contributed by atoms with van der Waals surface area (Å²) in [6.45, 7) is 0. The number of benzene rings is 2. The number of aliphatic carboxylic acids is 1. The SMILES string of the molecule is O=C(O)Cc1ccc2[nH]c3ccccc3cc-2c1=O. The average Bonchev–Trinajstić information content (AvgIpc) is 2.40. The van der Waals surface area contributed by atoms with E-state index < -0.39 is 5.97 Å². The molecule has 1 aliphatic carbocycles. The van der Waals surface area contributed by atoms with Crippen molar-refractivity contribution in [3.05, 3.63) is 58.3 Å². The Morgan fingerprint density at radius 2 is 1.95 bits per heavy atom. The number of hydrogen-bond acceptors (Lipinski definition) is 2. The summed E-state index contributed by atoms with van der Waals surface area (Å²) in [7, 11) is 0. The number of aromatic nitrogens is 1. The highest BCUT2D eigenvalue weighted by Crippen LogP contribution is 2.22. The molecule has 19 heavy (non-hydrogen) atoms. The number of pyridine rings is 1. The van der Waals surface area contributed by atoms with E-state index in [-0.39, 0.29) is 11.8 Å². The van der Waals surface area contributed by atoms with Gasteiger partial charge in [0.05, 0.1) is 6.42 Å². The molecule has 0 saturated carbocycles. The Balaban J connectivity index is 2.30. The molecule has 0 aromatic heterocycles. The van der Waals surface area contributed by atoms with Crippen LogP contribution in [0, 0.1) is 0 Å². The second kappa shape index (κ2) is 4.24. The third kappa shape index (κ3) is 1.97. The summed E-state index contributed by atoms with van der Waals surface area (Å²) in [5.41, 5.74) is 2.28. The number of carboxylic acid groups (broad SMARTS) is 1. The minimum atomic E-state index is -0.999. The highest BCUT2D eigenvalue weighted by molar-refractivity contribution is 5.85. The van der Waals surface area contributed by atoms with E-state index in [1.807, 2.05) is 24.3 Å². The Morgan fingerprint density at radius 3 is 2.74 bits per heavy atom. The van der Waals surface area contributed by atoms with E-state index in [2.05, 4.69) is 4.98 Å². The van der Waals surface area contributed by atoms with Crippen LogP contribution in [0.3, 0.4) is 0 Å². The second-order valence-electron chi connectivity index (χ2n) is 4.44. The van der Waals surface area contributed by atoms with Crippen molar-refractivity contribution >= 4 is 16.9 Å². The van der Waals surface area contributed by atoms with Gasteiger partial charge in [0, 0.05) is 22.3 Å². The molecule has 0 bridgehead atoms. The van der Waals surface area contributed by atoms with E-state index in [9.17, 15) is 9.59 Å². The van der Waals surface area contributed by atoms with Gasteiger partial charge in [-0.05, 0) is 23.6 Å². The molecule has 1 heterocycles. The number of rotatable bonds is 2. The Hall–Kier alpha value is -2.62. The number of H-pyrrole nitrogens is 1.